The van der Waals surface area contributed by atoms with Crippen LogP contribution in [0.2, 0.25) is 0 Å². The Labute approximate surface area is 169 Å². The van der Waals surface area contributed by atoms with E-state index < -0.39 is 28.8 Å². The van der Waals surface area contributed by atoms with Gasteiger partial charge in [-0.1, -0.05) is 45.0 Å². The fraction of sp³-hybridized carbons (Fsp3) is 0.348. The molecule has 0 aliphatic carbocycles. The molecule has 1 aromatic carbocycles. The molecule has 1 saturated heterocycles. The number of carbonyl (C=O) groups excluding carboxylic acids is 1. The Kier molecular flexibility index (Phi) is 4.17. The molecule has 2 aliphatic rings. The Morgan fingerprint density at radius 2 is 1.89 bits per heavy atom. The van der Waals surface area contributed by atoms with Gasteiger partial charge in [0.05, 0.1) is 24.2 Å². The van der Waals surface area contributed by atoms with Crippen molar-refractivity contribution in [3.8, 4) is 12.1 Å². The third-order valence-corrected chi connectivity index (χ3v) is 6.56. The van der Waals surface area contributed by atoms with E-state index >= 15 is 0 Å². The molecule has 4 rings (SSSR count). The van der Waals surface area contributed by atoms with Crippen LogP contribution in [0.5, 0.6) is 0 Å². The summed E-state index contributed by atoms with van der Waals surface area (Å²) in [4.78, 5) is 15.5. The molecule has 1 fully saturated rings. The van der Waals surface area contributed by atoms with Gasteiger partial charge in [0.25, 0.3) is 0 Å². The zero-order valence-electron chi connectivity index (χ0n) is 16.1. The van der Waals surface area contributed by atoms with Crippen molar-refractivity contribution in [3.63, 3.8) is 0 Å². The van der Waals surface area contributed by atoms with E-state index in [0.29, 0.717) is 0 Å². The normalized spacial score (nSPS) is 24.8. The second-order valence-electron chi connectivity index (χ2n) is 8.48. The van der Waals surface area contributed by atoms with Gasteiger partial charge in [-0.25, -0.2) is 0 Å². The Bertz CT molecular complexity index is 1020. The van der Waals surface area contributed by atoms with Gasteiger partial charge in [-0.3, -0.25) is 4.79 Å². The predicted molar refractivity (Wildman–Crippen MR) is 109 cm³/mol. The minimum Gasteiger partial charge on any atom is -0.357 e. The number of rotatable bonds is 2. The molecule has 4 nitrogen and oxygen atoms in total. The minimum absolute atomic E-state index is 0.0464. The fourth-order valence-electron chi connectivity index (χ4n) is 4.56. The van der Waals surface area contributed by atoms with Crippen LogP contribution in [0.15, 0.2) is 47.3 Å². The van der Waals surface area contributed by atoms with E-state index in [4.69, 9.17) is 0 Å². The highest BCUT2D eigenvalue weighted by Crippen LogP contribution is 2.60. The second kappa shape index (κ2) is 6.33. The average Bonchev–Trinajstić information content (AvgIpc) is 3.30. The van der Waals surface area contributed by atoms with Crippen LogP contribution >= 0.6 is 11.3 Å². The molecule has 0 amide bonds. The van der Waals surface area contributed by atoms with Crippen molar-refractivity contribution in [1.29, 1.82) is 10.5 Å². The van der Waals surface area contributed by atoms with E-state index in [9.17, 15) is 15.3 Å². The number of benzene rings is 1. The monoisotopic (exact) mass is 387 g/mol. The number of nitriles is 2. The van der Waals surface area contributed by atoms with Crippen LogP contribution in [0.25, 0.3) is 6.08 Å². The number of ketones is 1. The van der Waals surface area contributed by atoms with Crippen LogP contribution in [0.3, 0.4) is 0 Å². The Balaban J connectivity index is 2.01. The number of nitrogens with zero attached hydrogens (tertiary/aromatic N) is 3. The molecule has 0 saturated carbocycles. The molecule has 3 heterocycles. The average molecular weight is 388 g/mol. The summed E-state index contributed by atoms with van der Waals surface area (Å²) in [5.74, 6) is -0.466. The molecule has 0 spiro atoms. The van der Waals surface area contributed by atoms with Gasteiger partial charge in [-0.05, 0) is 39.6 Å². The van der Waals surface area contributed by atoms with E-state index in [0.717, 1.165) is 16.7 Å². The first-order chi connectivity index (χ1) is 13.3. The van der Waals surface area contributed by atoms with Gasteiger partial charge in [-0.2, -0.15) is 21.9 Å². The van der Waals surface area contributed by atoms with Crippen molar-refractivity contribution in [1.82, 2.24) is 4.90 Å². The van der Waals surface area contributed by atoms with Crippen LogP contribution in [0.1, 0.15) is 49.4 Å². The van der Waals surface area contributed by atoms with Crippen molar-refractivity contribution < 1.29 is 4.79 Å². The number of thiophene rings is 1. The van der Waals surface area contributed by atoms with E-state index in [-0.39, 0.29) is 5.78 Å². The maximum atomic E-state index is 13.6. The van der Waals surface area contributed by atoms with Crippen LogP contribution in [0, 0.1) is 33.5 Å². The summed E-state index contributed by atoms with van der Waals surface area (Å²) in [5.41, 5.74) is 0.864. The van der Waals surface area contributed by atoms with Crippen LogP contribution in [-0.4, -0.2) is 16.7 Å². The highest BCUT2D eigenvalue weighted by molar-refractivity contribution is 7.08. The first-order valence-electron chi connectivity index (χ1n) is 9.28. The zero-order valence-corrected chi connectivity index (χ0v) is 16.9. The van der Waals surface area contributed by atoms with Crippen molar-refractivity contribution in [2.75, 3.05) is 0 Å². The second-order valence-corrected chi connectivity index (χ2v) is 9.26. The number of hydrogen-bond acceptors (Lipinski definition) is 5. The van der Waals surface area contributed by atoms with Crippen molar-refractivity contribution in [3.05, 3.63) is 64.0 Å². The quantitative estimate of drug-likeness (QED) is 0.736. The van der Waals surface area contributed by atoms with Gasteiger partial charge in [0, 0.05) is 17.5 Å². The first kappa shape index (κ1) is 18.5. The predicted octanol–water partition coefficient (Wildman–Crippen LogP) is 4.89. The van der Waals surface area contributed by atoms with E-state index in [1.54, 1.807) is 0 Å². The lowest BCUT2D eigenvalue weighted by Gasteiger charge is -2.36. The summed E-state index contributed by atoms with van der Waals surface area (Å²) in [6.07, 6.45) is 3.88. The van der Waals surface area contributed by atoms with Gasteiger partial charge >= 0.3 is 0 Å². The van der Waals surface area contributed by atoms with Crippen molar-refractivity contribution in [2.24, 2.45) is 10.8 Å². The van der Waals surface area contributed by atoms with Gasteiger partial charge < -0.3 is 4.90 Å². The van der Waals surface area contributed by atoms with E-state index in [1.165, 1.54) is 11.3 Å². The Morgan fingerprint density at radius 3 is 2.50 bits per heavy atom. The molecule has 2 aliphatic heterocycles. The topological polar surface area (TPSA) is 67.9 Å². The molecule has 0 radical (unpaired) electrons. The molecule has 0 unspecified atom stereocenters. The number of carbonyl (C=O) groups is 1. The fourth-order valence-corrected chi connectivity index (χ4v) is 5.26. The van der Waals surface area contributed by atoms with Gasteiger partial charge in [-0.15, -0.1) is 0 Å². The van der Waals surface area contributed by atoms with E-state index in [2.05, 4.69) is 12.1 Å². The smallest absolute Gasteiger partial charge is 0.177 e. The Hall–Kier alpha value is -2.89. The lowest BCUT2D eigenvalue weighted by atomic mass is 9.67. The molecule has 28 heavy (non-hydrogen) atoms. The van der Waals surface area contributed by atoms with Crippen LogP contribution in [0.4, 0.5) is 0 Å². The summed E-state index contributed by atoms with van der Waals surface area (Å²) in [5, 5.41) is 24.5. The third kappa shape index (κ3) is 2.44. The lowest BCUT2D eigenvalue weighted by Crippen LogP contribution is -2.43. The maximum Gasteiger partial charge on any atom is 0.177 e. The van der Waals surface area contributed by atoms with Crippen molar-refractivity contribution in [2.45, 2.75) is 38.8 Å². The van der Waals surface area contributed by atoms with Crippen LogP contribution in [-0.2, 0) is 4.79 Å². The summed E-state index contributed by atoms with van der Waals surface area (Å²) in [6.45, 7) is 5.69. The van der Waals surface area contributed by atoms with Gasteiger partial charge in [0.1, 0.15) is 0 Å². The highest BCUT2D eigenvalue weighted by atomic mass is 32.1. The standard InChI is InChI=1S/C23H21N3OS/c1-22(2,3)21(27)19-18(16-9-11-28-12-16)23(13-24,14-25)20-17-7-5-4-6-15(17)8-10-26(19)20/h4-12,18-20H,1-3H3/t18-,19+,20-/m1/s1. The molecule has 0 N–H and O–H groups in total. The minimum atomic E-state index is -1.35. The summed E-state index contributed by atoms with van der Waals surface area (Å²) in [6, 6.07) is 13.4. The van der Waals surface area contributed by atoms with Crippen molar-refractivity contribution >= 4 is 23.2 Å². The molecular weight excluding hydrogens is 366 g/mol. The summed E-state index contributed by atoms with van der Waals surface area (Å²) >= 11 is 1.52. The first-order valence-corrected chi connectivity index (χ1v) is 10.2. The molecule has 2 aromatic rings. The highest BCUT2D eigenvalue weighted by Gasteiger charge is 2.64. The SMILES string of the molecule is CC(C)(C)C(=O)[C@@H]1[C@@H](c2ccsc2)C(C#N)(C#N)[C@H]2c3ccccc3C=CN12. The summed E-state index contributed by atoms with van der Waals surface area (Å²) in [7, 11) is 0. The molecule has 0 bridgehead atoms. The molecule has 3 atom stereocenters. The maximum absolute atomic E-state index is 13.6. The van der Waals surface area contributed by atoms with Gasteiger partial charge in [0.2, 0.25) is 0 Å². The number of hydrogen-bond donors (Lipinski definition) is 0. The molecule has 5 heteroatoms. The summed E-state index contributed by atoms with van der Waals surface area (Å²) < 4.78 is 0. The Morgan fingerprint density at radius 1 is 1.18 bits per heavy atom. The van der Waals surface area contributed by atoms with E-state index in [1.807, 2.05) is 79.0 Å². The zero-order chi connectivity index (χ0) is 20.1. The van der Waals surface area contributed by atoms with Gasteiger partial charge in [0.15, 0.2) is 11.2 Å². The lowest BCUT2D eigenvalue weighted by molar-refractivity contribution is -0.130. The third-order valence-electron chi connectivity index (χ3n) is 5.85. The molecular formula is C23H21N3OS. The number of fused-ring (bicyclic) bond motifs is 3. The largest absolute Gasteiger partial charge is 0.357 e. The number of Topliss-reactive ketones (excluding diaryl/α,β-unsaturated/α-hetero) is 1. The molecule has 1 aromatic heterocycles. The van der Waals surface area contributed by atoms with Crippen LogP contribution < -0.4 is 0 Å². The molecule has 140 valence electrons.